The number of primary amides is 1. The van der Waals surface area contributed by atoms with E-state index in [1.165, 1.54) is 12.1 Å². The molecule has 0 saturated heterocycles. The molecule has 0 aromatic heterocycles. The van der Waals surface area contributed by atoms with Crippen LogP contribution in [0.25, 0.3) is 0 Å². The molecule has 0 heterocycles. The normalized spacial score (nSPS) is 9.85. The molecule has 2 amide bonds. The number of nitrogens with two attached hydrogens (primary N) is 1. The number of ether oxygens (including phenoxy) is 1. The number of benzene rings is 2. The van der Waals surface area contributed by atoms with Crippen LogP contribution >= 0.6 is 11.6 Å². The smallest absolute Gasteiger partial charge is 0.409 e. The molecule has 0 fully saturated rings. The fraction of sp³-hybridized carbons (Fsp3) is 0. The summed E-state index contributed by atoms with van der Waals surface area (Å²) in [6.07, 6.45) is -0.886. The number of rotatable bonds is 3. The minimum atomic E-state index is -0.886. The van der Waals surface area contributed by atoms with Crippen molar-refractivity contribution in [3.63, 3.8) is 0 Å². The molecule has 2 aromatic rings. The first kappa shape index (κ1) is 13.9. The molecule has 5 nitrogen and oxygen atoms in total. The second-order valence-corrected chi connectivity index (χ2v) is 4.34. The van der Waals surface area contributed by atoms with E-state index in [9.17, 15) is 9.59 Å². The second kappa shape index (κ2) is 6.08. The number of anilines is 1. The minimum absolute atomic E-state index is 0.259. The Hall–Kier alpha value is -2.53. The maximum atomic E-state index is 11.9. The molecule has 0 aliphatic heterocycles. The Morgan fingerprint density at radius 3 is 2.15 bits per heavy atom. The van der Waals surface area contributed by atoms with Crippen LogP contribution in [0.15, 0.2) is 48.5 Å². The molecule has 2 rings (SSSR count). The Bertz CT molecular complexity index is 624. The number of carbonyl (C=O) groups is 2. The molecule has 2 aromatic carbocycles. The summed E-state index contributed by atoms with van der Waals surface area (Å²) in [5.74, 6) is 0.0484. The van der Waals surface area contributed by atoms with E-state index in [1.807, 2.05) is 0 Å². The highest BCUT2D eigenvalue weighted by Gasteiger charge is 2.06. The van der Waals surface area contributed by atoms with Gasteiger partial charge >= 0.3 is 6.09 Å². The lowest BCUT2D eigenvalue weighted by Gasteiger charge is -2.06. The summed E-state index contributed by atoms with van der Waals surface area (Å²) in [6, 6.07) is 12.8. The van der Waals surface area contributed by atoms with Crippen molar-refractivity contribution in [3.8, 4) is 5.75 Å². The lowest BCUT2D eigenvalue weighted by molar-refractivity contribution is 0.102. The number of hydrogen-bond acceptors (Lipinski definition) is 3. The van der Waals surface area contributed by atoms with Gasteiger partial charge in [-0.1, -0.05) is 11.6 Å². The van der Waals surface area contributed by atoms with E-state index in [2.05, 4.69) is 10.1 Å². The van der Waals surface area contributed by atoms with Crippen molar-refractivity contribution >= 4 is 29.3 Å². The van der Waals surface area contributed by atoms with E-state index in [4.69, 9.17) is 17.3 Å². The summed E-state index contributed by atoms with van der Waals surface area (Å²) in [4.78, 5) is 22.5. The third-order valence-electron chi connectivity index (χ3n) is 2.44. The summed E-state index contributed by atoms with van der Waals surface area (Å²) in [6.45, 7) is 0. The predicted molar refractivity (Wildman–Crippen MR) is 76.1 cm³/mol. The number of halogens is 1. The van der Waals surface area contributed by atoms with Gasteiger partial charge in [-0.25, -0.2) is 4.79 Å². The van der Waals surface area contributed by atoms with E-state index in [0.717, 1.165) is 0 Å². The van der Waals surface area contributed by atoms with Gasteiger partial charge in [-0.3, -0.25) is 4.79 Å². The highest BCUT2D eigenvalue weighted by molar-refractivity contribution is 6.30. The Kier molecular flexibility index (Phi) is 4.22. The molecule has 0 unspecified atom stereocenters. The molecular formula is C14H11ClN2O3. The van der Waals surface area contributed by atoms with Gasteiger partial charge in [0.2, 0.25) is 0 Å². The number of amides is 2. The Labute approximate surface area is 120 Å². The van der Waals surface area contributed by atoms with Crippen LogP contribution in [0.4, 0.5) is 10.5 Å². The molecule has 20 heavy (non-hydrogen) atoms. The van der Waals surface area contributed by atoms with E-state index in [0.29, 0.717) is 22.0 Å². The van der Waals surface area contributed by atoms with Gasteiger partial charge < -0.3 is 15.8 Å². The average molecular weight is 291 g/mol. The van der Waals surface area contributed by atoms with E-state index < -0.39 is 6.09 Å². The van der Waals surface area contributed by atoms with Crippen LogP contribution in [0.1, 0.15) is 10.4 Å². The Balaban J connectivity index is 2.04. The molecule has 0 aliphatic rings. The molecule has 0 aliphatic carbocycles. The van der Waals surface area contributed by atoms with Crippen molar-refractivity contribution in [3.05, 3.63) is 59.1 Å². The van der Waals surface area contributed by atoms with Crippen molar-refractivity contribution in [2.75, 3.05) is 5.32 Å². The zero-order valence-electron chi connectivity index (χ0n) is 10.3. The van der Waals surface area contributed by atoms with Gasteiger partial charge in [-0.05, 0) is 48.5 Å². The first-order valence-electron chi connectivity index (χ1n) is 5.69. The van der Waals surface area contributed by atoms with Gasteiger partial charge in [0.1, 0.15) is 5.75 Å². The highest BCUT2D eigenvalue weighted by atomic mass is 35.5. The third kappa shape index (κ3) is 3.73. The van der Waals surface area contributed by atoms with Gasteiger partial charge in [0.05, 0.1) is 0 Å². The van der Waals surface area contributed by atoms with Crippen molar-refractivity contribution < 1.29 is 14.3 Å². The summed E-state index contributed by atoms with van der Waals surface area (Å²) < 4.78 is 4.68. The molecule has 0 atom stereocenters. The molecular weight excluding hydrogens is 280 g/mol. The number of hydrogen-bond donors (Lipinski definition) is 2. The minimum Gasteiger partial charge on any atom is -0.411 e. The van der Waals surface area contributed by atoms with Gasteiger partial charge in [-0.2, -0.15) is 0 Å². The molecule has 0 bridgehead atoms. The summed E-state index contributed by atoms with van der Waals surface area (Å²) >= 11 is 5.75. The van der Waals surface area contributed by atoms with E-state index in [-0.39, 0.29) is 5.91 Å². The SMILES string of the molecule is NC(=O)Oc1ccc(NC(=O)c2ccc(Cl)cc2)cc1. The number of carbonyl (C=O) groups excluding carboxylic acids is 2. The second-order valence-electron chi connectivity index (χ2n) is 3.91. The standard InChI is InChI=1S/C14H11ClN2O3/c15-10-3-1-9(2-4-10)13(18)17-11-5-7-12(8-6-11)20-14(16)19/h1-8H,(H2,16,19)(H,17,18). The van der Waals surface area contributed by atoms with Crippen LogP contribution in [0, 0.1) is 0 Å². The lowest BCUT2D eigenvalue weighted by atomic mass is 10.2. The fourth-order valence-electron chi connectivity index (χ4n) is 1.53. The van der Waals surface area contributed by atoms with Gasteiger partial charge in [0.25, 0.3) is 5.91 Å². The first-order chi connectivity index (χ1) is 9.54. The topological polar surface area (TPSA) is 81.4 Å². The highest BCUT2D eigenvalue weighted by Crippen LogP contribution is 2.17. The monoisotopic (exact) mass is 290 g/mol. The molecule has 3 N–H and O–H groups in total. The maximum absolute atomic E-state index is 11.9. The Morgan fingerprint density at radius 2 is 1.60 bits per heavy atom. The molecule has 6 heteroatoms. The zero-order valence-corrected chi connectivity index (χ0v) is 11.1. The van der Waals surface area contributed by atoms with Gasteiger partial charge in [-0.15, -0.1) is 0 Å². The van der Waals surface area contributed by atoms with Crippen LogP contribution in [0.3, 0.4) is 0 Å². The molecule has 0 radical (unpaired) electrons. The van der Waals surface area contributed by atoms with Crippen LogP contribution < -0.4 is 15.8 Å². The van der Waals surface area contributed by atoms with E-state index >= 15 is 0 Å². The maximum Gasteiger partial charge on any atom is 0.409 e. The third-order valence-corrected chi connectivity index (χ3v) is 2.69. The Morgan fingerprint density at radius 1 is 1.00 bits per heavy atom. The van der Waals surface area contributed by atoms with Crippen LogP contribution in [-0.4, -0.2) is 12.0 Å². The van der Waals surface area contributed by atoms with Crippen molar-refractivity contribution in [2.45, 2.75) is 0 Å². The van der Waals surface area contributed by atoms with Crippen LogP contribution in [0.2, 0.25) is 5.02 Å². The fourth-order valence-corrected chi connectivity index (χ4v) is 1.65. The largest absolute Gasteiger partial charge is 0.411 e. The van der Waals surface area contributed by atoms with Gasteiger partial charge in [0, 0.05) is 16.3 Å². The quantitative estimate of drug-likeness (QED) is 0.911. The zero-order chi connectivity index (χ0) is 14.5. The van der Waals surface area contributed by atoms with Gasteiger partial charge in [0.15, 0.2) is 0 Å². The van der Waals surface area contributed by atoms with Crippen molar-refractivity contribution in [1.82, 2.24) is 0 Å². The average Bonchev–Trinajstić information content (AvgIpc) is 2.41. The summed E-state index contributed by atoms with van der Waals surface area (Å²) in [7, 11) is 0. The number of nitrogens with one attached hydrogen (secondary N) is 1. The lowest BCUT2D eigenvalue weighted by Crippen LogP contribution is -2.16. The van der Waals surface area contributed by atoms with Crippen molar-refractivity contribution in [1.29, 1.82) is 0 Å². The summed E-state index contributed by atoms with van der Waals surface area (Å²) in [5, 5.41) is 3.27. The predicted octanol–water partition coefficient (Wildman–Crippen LogP) is 3.05. The first-order valence-corrected chi connectivity index (χ1v) is 6.06. The summed E-state index contributed by atoms with van der Waals surface area (Å²) in [5.41, 5.74) is 5.95. The van der Waals surface area contributed by atoms with Crippen LogP contribution in [0.5, 0.6) is 5.75 Å². The van der Waals surface area contributed by atoms with Crippen LogP contribution in [-0.2, 0) is 0 Å². The molecule has 0 saturated carbocycles. The molecule has 102 valence electrons. The van der Waals surface area contributed by atoms with Crippen molar-refractivity contribution in [2.24, 2.45) is 5.73 Å². The van der Waals surface area contributed by atoms with E-state index in [1.54, 1.807) is 36.4 Å². The molecule has 0 spiro atoms.